The van der Waals surface area contributed by atoms with Gasteiger partial charge in [0.25, 0.3) is 0 Å². The van der Waals surface area contributed by atoms with Crippen LogP contribution in [0.2, 0.25) is 0 Å². The van der Waals surface area contributed by atoms with E-state index in [4.69, 9.17) is 5.73 Å². The number of anilines is 3. The fourth-order valence-electron chi connectivity index (χ4n) is 3.50. The molecule has 6 nitrogen and oxygen atoms in total. The van der Waals surface area contributed by atoms with Crippen molar-refractivity contribution in [1.82, 2.24) is 5.32 Å². The smallest absolute Gasteiger partial charge is 0.309 e. The zero-order chi connectivity index (χ0) is 19.9. The van der Waals surface area contributed by atoms with Crippen LogP contribution >= 0.6 is 0 Å². The largest absolute Gasteiger partial charge is 0.372 e. The number of carbonyl (C=O) groups is 2. The zero-order valence-electron chi connectivity index (χ0n) is 16.3. The van der Waals surface area contributed by atoms with Gasteiger partial charge in [-0.1, -0.05) is 25.5 Å². The van der Waals surface area contributed by atoms with Crippen molar-refractivity contribution in [2.75, 3.05) is 23.3 Å². The van der Waals surface area contributed by atoms with Crippen LogP contribution in [0, 0.1) is 5.92 Å². The van der Waals surface area contributed by atoms with Crippen molar-refractivity contribution in [3.63, 3.8) is 0 Å². The minimum atomic E-state index is -0.975. The number of nitrogens with zero attached hydrogens (tertiary/aromatic N) is 1. The van der Waals surface area contributed by atoms with Crippen molar-refractivity contribution >= 4 is 28.9 Å². The van der Waals surface area contributed by atoms with Crippen LogP contribution in [0.15, 0.2) is 48.5 Å². The third kappa shape index (κ3) is 5.25. The lowest BCUT2D eigenvalue weighted by Gasteiger charge is -2.33. The van der Waals surface area contributed by atoms with Crippen LogP contribution in [0.5, 0.6) is 0 Å². The molecule has 148 valence electrons. The minimum absolute atomic E-state index is 0.269. The van der Waals surface area contributed by atoms with Crippen molar-refractivity contribution in [3.8, 4) is 0 Å². The minimum Gasteiger partial charge on any atom is -0.372 e. The van der Waals surface area contributed by atoms with Gasteiger partial charge in [-0.15, -0.1) is 0 Å². The van der Waals surface area contributed by atoms with Gasteiger partial charge in [-0.25, -0.2) is 0 Å². The number of carbonyl (C=O) groups excluding carboxylic acids is 2. The second-order valence-corrected chi connectivity index (χ2v) is 7.25. The summed E-state index contributed by atoms with van der Waals surface area (Å²) in [4.78, 5) is 24.4. The van der Waals surface area contributed by atoms with E-state index in [0.717, 1.165) is 35.9 Å². The molecule has 1 aliphatic rings. The molecule has 2 amide bonds. The maximum atomic E-state index is 11.2. The number of hydrogen-bond acceptors (Lipinski definition) is 4. The average molecular weight is 380 g/mol. The van der Waals surface area contributed by atoms with Gasteiger partial charge in [0.1, 0.15) is 0 Å². The fourth-order valence-corrected chi connectivity index (χ4v) is 3.50. The standard InChI is InChI=1S/C22H28N4O2/c1-2-16-11-13-26(14-12-16)20-9-7-19(8-10-20)25-18-5-3-17(4-6-18)15-24-22(28)21(23)27/h3-10,16,25H,2,11-15H2,1H3,(H2,23,27)(H,24,28). The highest BCUT2D eigenvalue weighted by Gasteiger charge is 2.17. The van der Waals surface area contributed by atoms with Crippen LogP contribution in [0.4, 0.5) is 17.1 Å². The maximum absolute atomic E-state index is 11.2. The summed E-state index contributed by atoms with van der Waals surface area (Å²) in [5, 5.41) is 5.85. The Hall–Kier alpha value is -3.02. The first kappa shape index (κ1) is 19.7. The van der Waals surface area contributed by atoms with E-state index in [2.05, 4.69) is 46.7 Å². The van der Waals surface area contributed by atoms with Gasteiger partial charge >= 0.3 is 11.8 Å². The summed E-state index contributed by atoms with van der Waals surface area (Å²) < 4.78 is 0. The predicted octanol–water partition coefficient (Wildman–Crippen LogP) is 3.16. The van der Waals surface area contributed by atoms with Gasteiger partial charge < -0.3 is 21.3 Å². The monoisotopic (exact) mass is 380 g/mol. The SMILES string of the molecule is CCC1CCN(c2ccc(Nc3ccc(CNC(=O)C(N)=O)cc3)cc2)CC1. The summed E-state index contributed by atoms with van der Waals surface area (Å²) in [5.41, 5.74) is 9.08. The molecule has 1 saturated heterocycles. The van der Waals surface area contributed by atoms with Crippen LogP contribution in [0.25, 0.3) is 0 Å². The number of nitrogens with two attached hydrogens (primary N) is 1. The molecule has 0 bridgehead atoms. The van der Waals surface area contributed by atoms with Crippen LogP contribution in [0.1, 0.15) is 31.7 Å². The summed E-state index contributed by atoms with van der Waals surface area (Å²) in [7, 11) is 0. The third-order valence-corrected chi connectivity index (χ3v) is 5.34. The Morgan fingerprint density at radius 2 is 1.57 bits per heavy atom. The van der Waals surface area contributed by atoms with E-state index >= 15 is 0 Å². The molecule has 4 N–H and O–H groups in total. The van der Waals surface area contributed by atoms with Gasteiger partial charge in [-0.2, -0.15) is 0 Å². The first-order valence-electron chi connectivity index (χ1n) is 9.83. The van der Waals surface area contributed by atoms with Gasteiger partial charge in [0, 0.05) is 36.7 Å². The quantitative estimate of drug-likeness (QED) is 0.672. The van der Waals surface area contributed by atoms with Crippen LogP contribution < -0.4 is 21.3 Å². The van der Waals surface area contributed by atoms with E-state index in [1.54, 1.807) is 0 Å². The highest BCUT2D eigenvalue weighted by Crippen LogP contribution is 2.26. The predicted molar refractivity (Wildman–Crippen MR) is 112 cm³/mol. The number of piperidine rings is 1. The number of nitrogens with one attached hydrogen (secondary N) is 2. The van der Waals surface area contributed by atoms with Gasteiger partial charge in [-0.3, -0.25) is 9.59 Å². The molecule has 0 atom stereocenters. The van der Waals surface area contributed by atoms with Gasteiger partial charge in [-0.05, 0) is 60.7 Å². The summed E-state index contributed by atoms with van der Waals surface area (Å²) in [6.07, 6.45) is 3.85. The molecule has 0 aliphatic carbocycles. The van der Waals surface area contributed by atoms with Gasteiger partial charge in [0.2, 0.25) is 0 Å². The summed E-state index contributed by atoms with van der Waals surface area (Å²) in [5.74, 6) is -0.873. The van der Waals surface area contributed by atoms with Crippen molar-refractivity contribution < 1.29 is 9.59 Å². The topological polar surface area (TPSA) is 87.5 Å². The Labute approximate surface area is 166 Å². The lowest BCUT2D eigenvalue weighted by atomic mass is 9.94. The molecule has 6 heteroatoms. The molecule has 0 unspecified atom stereocenters. The van der Waals surface area contributed by atoms with Crippen LogP contribution in [-0.4, -0.2) is 24.9 Å². The Balaban J connectivity index is 1.52. The van der Waals surface area contributed by atoms with E-state index < -0.39 is 11.8 Å². The Morgan fingerprint density at radius 1 is 1.00 bits per heavy atom. The molecule has 2 aromatic carbocycles. The molecule has 0 radical (unpaired) electrons. The summed E-state index contributed by atoms with van der Waals surface area (Å²) >= 11 is 0. The second kappa shape index (κ2) is 9.26. The second-order valence-electron chi connectivity index (χ2n) is 7.25. The Kier molecular flexibility index (Phi) is 6.53. The van der Waals surface area contributed by atoms with Crippen molar-refractivity contribution in [3.05, 3.63) is 54.1 Å². The number of rotatable bonds is 6. The lowest BCUT2D eigenvalue weighted by molar-refractivity contribution is -0.137. The molecule has 28 heavy (non-hydrogen) atoms. The zero-order valence-corrected chi connectivity index (χ0v) is 16.3. The van der Waals surface area contributed by atoms with E-state index in [9.17, 15) is 9.59 Å². The highest BCUT2D eigenvalue weighted by molar-refractivity contribution is 6.34. The van der Waals surface area contributed by atoms with Crippen molar-refractivity contribution in [2.45, 2.75) is 32.7 Å². The van der Waals surface area contributed by atoms with Crippen LogP contribution in [0.3, 0.4) is 0 Å². The molecular formula is C22H28N4O2. The first-order valence-corrected chi connectivity index (χ1v) is 9.83. The van der Waals surface area contributed by atoms with Crippen molar-refractivity contribution in [1.29, 1.82) is 0 Å². The van der Waals surface area contributed by atoms with Gasteiger partial charge in [0.15, 0.2) is 0 Å². The molecule has 2 aromatic rings. The highest BCUT2D eigenvalue weighted by atomic mass is 16.2. The summed E-state index contributed by atoms with van der Waals surface area (Å²) in [6.45, 7) is 4.83. The van der Waals surface area contributed by atoms with E-state index in [1.165, 1.54) is 24.9 Å². The fraction of sp³-hybridized carbons (Fsp3) is 0.364. The van der Waals surface area contributed by atoms with E-state index in [0.29, 0.717) is 0 Å². The maximum Gasteiger partial charge on any atom is 0.309 e. The molecule has 1 fully saturated rings. The number of primary amides is 1. The number of amides is 2. The number of benzene rings is 2. The molecule has 3 rings (SSSR count). The Morgan fingerprint density at radius 3 is 2.11 bits per heavy atom. The third-order valence-electron chi connectivity index (χ3n) is 5.34. The molecule has 0 saturated carbocycles. The van der Waals surface area contributed by atoms with E-state index in [-0.39, 0.29) is 6.54 Å². The summed E-state index contributed by atoms with van der Waals surface area (Å²) in [6, 6.07) is 16.2. The average Bonchev–Trinajstić information content (AvgIpc) is 2.73. The molecule has 1 heterocycles. The Bertz CT molecular complexity index is 794. The molecular weight excluding hydrogens is 352 g/mol. The molecule has 1 aliphatic heterocycles. The lowest BCUT2D eigenvalue weighted by Crippen LogP contribution is -2.35. The van der Waals surface area contributed by atoms with Gasteiger partial charge in [0.05, 0.1) is 0 Å². The van der Waals surface area contributed by atoms with E-state index in [1.807, 2.05) is 24.3 Å². The number of hydrogen-bond donors (Lipinski definition) is 3. The molecule has 0 aromatic heterocycles. The molecule has 0 spiro atoms. The first-order chi connectivity index (χ1) is 13.5. The normalized spacial score (nSPS) is 14.5. The van der Waals surface area contributed by atoms with Crippen molar-refractivity contribution in [2.24, 2.45) is 11.7 Å². The van der Waals surface area contributed by atoms with Crippen LogP contribution in [-0.2, 0) is 16.1 Å².